The molecular formula is C17H9BrClF3N2O2. The molecule has 0 heterocycles. The predicted octanol–water partition coefficient (Wildman–Crippen LogP) is 5.37. The summed E-state index contributed by atoms with van der Waals surface area (Å²) in [7, 11) is 0. The lowest BCUT2D eigenvalue weighted by Crippen LogP contribution is -2.15. The molecule has 26 heavy (non-hydrogen) atoms. The maximum atomic E-state index is 12.8. The Morgan fingerprint density at radius 1 is 1.27 bits per heavy atom. The Bertz CT molecular complexity index is 937. The summed E-state index contributed by atoms with van der Waals surface area (Å²) in [5.41, 5.74) is -1.52. The number of carbonyl (C=O) groups excluding carboxylic acids is 1. The lowest BCUT2D eigenvalue weighted by molar-refractivity contribution is -0.137. The number of nitrogens with one attached hydrogen (secondary N) is 1. The van der Waals surface area contributed by atoms with Crippen molar-refractivity contribution in [1.29, 1.82) is 5.26 Å². The highest BCUT2D eigenvalue weighted by atomic mass is 79.9. The van der Waals surface area contributed by atoms with Crippen LogP contribution in [0.4, 0.5) is 18.9 Å². The molecule has 0 atom stereocenters. The van der Waals surface area contributed by atoms with Crippen LogP contribution in [-0.4, -0.2) is 11.0 Å². The van der Waals surface area contributed by atoms with Crippen molar-refractivity contribution in [2.24, 2.45) is 0 Å². The number of nitriles is 1. The fourth-order valence-electron chi connectivity index (χ4n) is 1.93. The second-order valence-corrected chi connectivity index (χ2v) is 6.34. The van der Waals surface area contributed by atoms with E-state index in [9.17, 15) is 23.1 Å². The third kappa shape index (κ3) is 4.77. The number of hydrogen-bond donors (Lipinski definition) is 2. The van der Waals surface area contributed by atoms with Gasteiger partial charge in [0.25, 0.3) is 5.91 Å². The molecule has 0 saturated carbocycles. The summed E-state index contributed by atoms with van der Waals surface area (Å²) in [6, 6.07) is 8.46. The van der Waals surface area contributed by atoms with Gasteiger partial charge >= 0.3 is 6.18 Å². The molecule has 0 saturated heterocycles. The zero-order chi connectivity index (χ0) is 19.5. The fraction of sp³-hybridized carbons (Fsp3) is 0.0588. The number of amides is 1. The molecule has 2 N–H and O–H groups in total. The Hall–Kier alpha value is -2.50. The Kier molecular flexibility index (Phi) is 5.95. The minimum absolute atomic E-state index is 0.117. The number of phenolic OH excluding ortho intramolecular Hbond substituents is 1. The van der Waals surface area contributed by atoms with Crippen LogP contribution in [0.15, 0.2) is 46.4 Å². The number of anilines is 1. The van der Waals surface area contributed by atoms with E-state index < -0.39 is 23.2 Å². The minimum atomic E-state index is -4.61. The van der Waals surface area contributed by atoms with Crippen LogP contribution in [-0.2, 0) is 11.0 Å². The van der Waals surface area contributed by atoms with Crippen LogP contribution < -0.4 is 5.32 Å². The molecule has 2 aromatic carbocycles. The van der Waals surface area contributed by atoms with Gasteiger partial charge in [0.2, 0.25) is 0 Å². The maximum absolute atomic E-state index is 12.8. The fourth-order valence-corrected chi connectivity index (χ4v) is 2.48. The van der Waals surface area contributed by atoms with E-state index in [1.807, 2.05) is 0 Å². The average Bonchev–Trinajstić information content (AvgIpc) is 2.56. The number of carbonyl (C=O) groups is 1. The van der Waals surface area contributed by atoms with Gasteiger partial charge in [-0.1, -0.05) is 27.5 Å². The first-order valence-corrected chi connectivity index (χ1v) is 8.07. The van der Waals surface area contributed by atoms with E-state index in [0.717, 1.165) is 18.2 Å². The number of phenols is 1. The number of rotatable bonds is 3. The zero-order valence-corrected chi connectivity index (χ0v) is 15.1. The number of halogens is 5. The topological polar surface area (TPSA) is 73.1 Å². The number of nitrogens with zero attached hydrogens (tertiary/aromatic N) is 1. The summed E-state index contributed by atoms with van der Waals surface area (Å²) in [5, 5.41) is 21.0. The van der Waals surface area contributed by atoms with Crippen LogP contribution in [0, 0.1) is 11.3 Å². The van der Waals surface area contributed by atoms with Gasteiger partial charge in [-0.2, -0.15) is 18.4 Å². The van der Waals surface area contributed by atoms with Gasteiger partial charge in [-0.05, 0) is 42.5 Å². The Morgan fingerprint density at radius 2 is 1.96 bits per heavy atom. The van der Waals surface area contributed by atoms with E-state index in [1.165, 1.54) is 12.1 Å². The Balaban J connectivity index is 2.35. The molecule has 2 aromatic rings. The maximum Gasteiger partial charge on any atom is 0.416 e. The largest absolute Gasteiger partial charge is 0.507 e. The van der Waals surface area contributed by atoms with Crippen molar-refractivity contribution in [2.75, 3.05) is 5.32 Å². The highest BCUT2D eigenvalue weighted by Crippen LogP contribution is 2.34. The van der Waals surface area contributed by atoms with Crippen molar-refractivity contribution in [1.82, 2.24) is 0 Å². The van der Waals surface area contributed by atoms with Crippen molar-refractivity contribution in [3.8, 4) is 11.8 Å². The van der Waals surface area contributed by atoms with Gasteiger partial charge in [-0.3, -0.25) is 4.79 Å². The van der Waals surface area contributed by atoms with E-state index in [1.54, 1.807) is 12.1 Å². The summed E-state index contributed by atoms with van der Waals surface area (Å²) in [5.74, 6) is -1.14. The Morgan fingerprint density at radius 3 is 2.58 bits per heavy atom. The van der Waals surface area contributed by atoms with Crippen molar-refractivity contribution in [2.45, 2.75) is 6.18 Å². The molecule has 0 radical (unpaired) electrons. The summed E-state index contributed by atoms with van der Waals surface area (Å²) in [6.45, 7) is 0. The van der Waals surface area contributed by atoms with Crippen molar-refractivity contribution >= 4 is 45.2 Å². The molecule has 0 spiro atoms. The number of alkyl halides is 3. The monoisotopic (exact) mass is 444 g/mol. The lowest BCUT2D eigenvalue weighted by Gasteiger charge is -2.11. The standard InChI is InChI=1S/C17H9BrClF3N2O2/c18-12-2-4-15(25)9(6-12)5-10(8-23)16(26)24-14-7-11(17(20,21)22)1-3-13(14)19/h1-7,25H,(H,24,26)/b10-5+. The molecule has 134 valence electrons. The van der Waals surface area contributed by atoms with Gasteiger partial charge in [0.05, 0.1) is 16.3 Å². The van der Waals surface area contributed by atoms with Crippen molar-refractivity contribution in [3.63, 3.8) is 0 Å². The molecule has 2 rings (SSSR count). The predicted molar refractivity (Wildman–Crippen MR) is 94.5 cm³/mol. The Labute approximate surface area is 159 Å². The lowest BCUT2D eigenvalue weighted by atomic mass is 10.1. The molecular weight excluding hydrogens is 437 g/mol. The first-order chi connectivity index (χ1) is 12.1. The van der Waals surface area contributed by atoms with Gasteiger partial charge in [0, 0.05) is 10.0 Å². The second kappa shape index (κ2) is 7.81. The second-order valence-electron chi connectivity index (χ2n) is 5.02. The van der Waals surface area contributed by atoms with Gasteiger partial charge in [0.1, 0.15) is 17.4 Å². The van der Waals surface area contributed by atoms with E-state index in [4.69, 9.17) is 16.9 Å². The van der Waals surface area contributed by atoms with Gasteiger partial charge in [0.15, 0.2) is 0 Å². The molecule has 9 heteroatoms. The van der Waals surface area contributed by atoms with Crippen LogP contribution in [0.3, 0.4) is 0 Å². The smallest absolute Gasteiger partial charge is 0.416 e. The number of hydrogen-bond acceptors (Lipinski definition) is 3. The number of benzene rings is 2. The highest BCUT2D eigenvalue weighted by Gasteiger charge is 2.31. The summed E-state index contributed by atoms with van der Waals surface area (Å²) >= 11 is 9.00. The molecule has 0 fully saturated rings. The van der Waals surface area contributed by atoms with Gasteiger partial charge in [-0.25, -0.2) is 0 Å². The molecule has 0 unspecified atom stereocenters. The molecule has 4 nitrogen and oxygen atoms in total. The van der Waals surface area contributed by atoms with Crippen molar-refractivity contribution in [3.05, 3.63) is 62.6 Å². The summed E-state index contributed by atoms with van der Waals surface area (Å²) in [6.07, 6.45) is -3.50. The molecule has 0 aromatic heterocycles. The molecule has 0 aliphatic rings. The SMILES string of the molecule is N#C/C(=C\c1cc(Br)ccc1O)C(=O)Nc1cc(C(F)(F)F)ccc1Cl. The van der Waals surface area contributed by atoms with E-state index in [0.29, 0.717) is 10.5 Å². The van der Waals surface area contributed by atoms with Crippen LogP contribution in [0.2, 0.25) is 5.02 Å². The van der Waals surface area contributed by atoms with Crippen LogP contribution in [0.25, 0.3) is 6.08 Å². The van der Waals surface area contributed by atoms with E-state index >= 15 is 0 Å². The van der Waals surface area contributed by atoms with Gasteiger partial charge in [-0.15, -0.1) is 0 Å². The minimum Gasteiger partial charge on any atom is -0.507 e. The average molecular weight is 446 g/mol. The summed E-state index contributed by atoms with van der Waals surface area (Å²) in [4.78, 5) is 12.2. The molecule has 0 aliphatic heterocycles. The van der Waals surface area contributed by atoms with Gasteiger partial charge < -0.3 is 10.4 Å². The number of aromatic hydroxyl groups is 1. The first-order valence-electron chi connectivity index (χ1n) is 6.90. The highest BCUT2D eigenvalue weighted by molar-refractivity contribution is 9.10. The quantitative estimate of drug-likeness (QED) is 0.493. The van der Waals surface area contributed by atoms with Crippen molar-refractivity contribution < 1.29 is 23.1 Å². The van der Waals surface area contributed by atoms with Crippen LogP contribution >= 0.6 is 27.5 Å². The third-order valence-corrected chi connectivity index (χ3v) is 4.02. The normalized spacial score (nSPS) is 11.8. The molecule has 1 amide bonds. The summed E-state index contributed by atoms with van der Waals surface area (Å²) < 4.78 is 38.9. The van der Waals surface area contributed by atoms with E-state index in [-0.39, 0.29) is 22.0 Å². The van der Waals surface area contributed by atoms with Crippen LogP contribution in [0.5, 0.6) is 5.75 Å². The first kappa shape index (κ1) is 19.8. The van der Waals surface area contributed by atoms with Crippen LogP contribution in [0.1, 0.15) is 11.1 Å². The molecule has 0 bridgehead atoms. The third-order valence-electron chi connectivity index (χ3n) is 3.20. The zero-order valence-electron chi connectivity index (χ0n) is 12.7. The van der Waals surface area contributed by atoms with E-state index in [2.05, 4.69) is 21.2 Å². The molecule has 0 aliphatic carbocycles.